The minimum absolute atomic E-state index is 0.138. The third-order valence-corrected chi connectivity index (χ3v) is 3.37. The van der Waals surface area contributed by atoms with Crippen LogP contribution in [0.25, 0.3) is 0 Å². The van der Waals surface area contributed by atoms with Gasteiger partial charge in [0.05, 0.1) is 11.6 Å². The summed E-state index contributed by atoms with van der Waals surface area (Å²) in [5.74, 6) is 0. The first-order valence-corrected chi connectivity index (χ1v) is 6.08. The highest BCUT2D eigenvalue weighted by atomic mass is 32.2. The molecule has 1 unspecified atom stereocenters. The van der Waals surface area contributed by atoms with Crippen molar-refractivity contribution in [3.8, 4) is 6.07 Å². The van der Waals surface area contributed by atoms with Crippen molar-refractivity contribution in [2.45, 2.75) is 25.8 Å². The predicted molar refractivity (Wildman–Crippen MR) is 59.0 cm³/mol. The monoisotopic (exact) mass is 235 g/mol. The summed E-state index contributed by atoms with van der Waals surface area (Å²) in [6, 6.07) is 5.62. The molecular formula is C11H11N2O2S-. The highest BCUT2D eigenvalue weighted by molar-refractivity contribution is 7.77. The van der Waals surface area contributed by atoms with Gasteiger partial charge >= 0.3 is 0 Å². The molecule has 1 aliphatic carbocycles. The number of nitrogens with one attached hydrogen (secondary N) is 1. The van der Waals surface area contributed by atoms with Gasteiger partial charge in [-0.1, -0.05) is 0 Å². The van der Waals surface area contributed by atoms with E-state index in [1.807, 2.05) is 13.0 Å². The van der Waals surface area contributed by atoms with Crippen LogP contribution in [0.15, 0.2) is 12.1 Å². The summed E-state index contributed by atoms with van der Waals surface area (Å²) in [5.41, 5.74) is 3.73. The third kappa shape index (κ3) is 2.00. The molecule has 0 saturated heterocycles. The van der Waals surface area contributed by atoms with Crippen molar-refractivity contribution < 1.29 is 8.76 Å². The van der Waals surface area contributed by atoms with Gasteiger partial charge in [-0.2, -0.15) is 5.26 Å². The van der Waals surface area contributed by atoms with Crippen LogP contribution in [0.2, 0.25) is 0 Å². The second-order valence-corrected chi connectivity index (χ2v) is 4.63. The second kappa shape index (κ2) is 4.34. The molecule has 0 bridgehead atoms. The van der Waals surface area contributed by atoms with E-state index in [1.165, 1.54) is 0 Å². The van der Waals surface area contributed by atoms with Crippen molar-refractivity contribution in [2.24, 2.45) is 0 Å². The van der Waals surface area contributed by atoms with E-state index in [0.717, 1.165) is 29.5 Å². The fourth-order valence-corrected chi connectivity index (χ4v) is 2.79. The maximum absolute atomic E-state index is 10.6. The Morgan fingerprint density at radius 2 is 2.38 bits per heavy atom. The lowest BCUT2D eigenvalue weighted by atomic mass is 9.99. The fourth-order valence-electron chi connectivity index (χ4n) is 2.32. The summed E-state index contributed by atoms with van der Waals surface area (Å²) >= 11 is -2.24. The van der Waals surface area contributed by atoms with Crippen molar-refractivity contribution >= 4 is 11.3 Å². The number of nitrogens with zero attached hydrogens (tertiary/aromatic N) is 1. The summed E-state index contributed by atoms with van der Waals surface area (Å²) in [6.07, 6.45) is 1.58. The molecule has 5 heteroatoms. The summed E-state index contributed by atoms with van der Waals surface area (Å²) in [6.45, 7) is 1.91. The molecule has 1 aromatic rings. The predicted octanol–water partition coefficient (Wildman–Crippen LogP) is 1.24. The van der Waals surface area contributed by atoms with Gasteiger partial charge in [-0.25, -0.2) is 4.72 Å². The van der Waals surface area contributed by atoms with Crippen LogP contribution in [-0.2, 0) is 17.7 Å². The van der Waals surface area contributed by atoms with Crippen LogP contribution in [0, 0.1) is 18.3 Å². The summed E-state index contributed by atoms with van der Waals surface area (Å²) in [5, 5.41) is 8.84. The molecule has 1 aliphatic rings. The zero-order valence-corrected chi connectivity index (χ0v) is 9.63. The number of fused-ring (bicyclic) bond motifs is 1. The normalized spacial score (nSPS) is 20.2. The Morgan fingerprint density at radius 3 is 3.00 bits per heavy atom. The Balaban J connectivity index is 2.40. The van der Waals surface area contributed by atoms with E-state index < -0.39 is 11.3 Å². The van der Waals surface area contributed by atoms with E-state index >= 15 is 0 Å². The van der Waals surface area contributed by atoms with Gasteiger partial charge in [0.1, 0.15) is 0 Å². The Morgan fingerprint density at radius 1 is 1.62 bits per heavy atom. The molecule has 1 aromatic carbocycles. The molecule has 0 fully saturated rings. The number of nitriles is 1. The number of hydrogen-bond acceptors (Lipinski definition) is 3. The van der Waals surface area contributed by atoms with Gasteiger partial charge in [-0.05, 0) is 48.6 Å². The maximum atomic E-state index is 10.6. The molecule has 2 atom stereocenters. The van der Waals surface area contributed by atoms with E-state index in [-0.39, 0.29) is 6.04 Å². The smallest absolute Gasteiger partial charge is 0.0991 e. The van der Waals surface area contributed by atoms with Gasteiger partial charge in [0.2, 0.25) is 0 Å². The lowest BCUT2D eigenvalue weighted by Crippen LogP contribution is -2.21. The lowest BCUT2D eigenvalue weighted by molar-refractivity contribution is 0.504. The van der Waals surface area contributed by atoms with Gasteiger partial charge in [0, 0.05) is 17.3 Å². The van der Waals surface area contributed by atoms with Crippen molar-refractivity contribution in [1.29, 1.82) is 5.26 Å². The van der Waals surface area contributed by atoms with Crippen LogP contribution >= 0.6 is 0 Å². The van der Waals surface area contributed by atoms with E-state index in [2.05, 4.69) is 10.8 Å². The maximum Gasteiger partial charge on any atom is 0.0991 e. The van der Waals surface area contributed by atoms with Gasteiger partial charge in [0.15, 0.2) is 0 Å². The molecule has 2 rings (SSSR count). The van der Waals surface area contributed by atoms with E-state index in [4.69, 9.17) is 5.26 Å². The highest BCUT2D eigenvalue weighted by Crippen LogP contribution is 2.34. The minimum atomic E-state index is -2.24. The van der Waals surface area contributed by atoms with E-state index in [0.29, 0.717) is 5.56 Å². The van der Waals surface area contributed by atoms with Crippen LogP contribution < -0.4 is 4.72 Å². The van der Waals surface area contributed by atoms with Crippen molar-refractivity contribution in [1.82, 2.24) is 4.72 Å². The molecule has 0 radical (unpaired) electrons. The number of hydrogen-bond donors (Lipinski definition) is 1. The van der Waals surface area contributed by atoms with Crippen molar-refractivity contribution in [3.63, 3.8) is 0 Å². The molecule has 1 N–H and O–H groups in total. The highest BCUT2D eigenvalue weighted by Gasteiger charge is 2.24. The first-order chi connectivity index (χ1) is 7.61. The summed E-state index contributed by atoms with van der Waals surface area (Å²) < 4.78 is 23.8. The molecule has 0 aromatic heterocycles. The minimum Gasteiger partial charge on any atom is -0.760 e. The zero-order chi connectivity index (χ0) is 11.7. The molecule has 0 heterocycles. The van der Waals surface area contributed by atoms with Crippen LogP contribution in [0.5, 0.6) is 0 Å². The van der Waals surface area contributed by atoms with Gasteiger partial charge in [-0.15, -0.1) is 0 Å². The van der Waals surface area contributed by atoms with E-state index in [9.17, 15) is 8.76 Å². The molecule has 0 spiro atoms. The molecule has 0 amide bonds. The molecule has 4 nitrogen and oxygen atoms in total. The molecule has 84 valence electrons. The van der Waals surface area contributed by atoms with Crippen LogP contribution in [-0.4, -0.2) is 8.76 Å². The number of benzene rings is 1. The third-order valence-electron chi connectivity index (χ3n) is 2.89. The fraction of sp³-hybridized carbons (Fsp3) is 0.364. The quantitative estimate of drug-likeness (QED) is 0.783. The number of aryl methyl sites for hydroxylation is 2. The Kier molecular flexibility index (Phi) is 3.06. The lowest BCUT2D eigenvalue weighted by Gasteiger charge is -2.17. The van der Waals surface area contributed by atoms with Crippen molar-refractivity contribution in [2.75, 3.05) is 0 Å². The standard InChI is InChI=1S/C11H12N2O2S/c1-7-4-8(6-12)5-9-2-3-10(11(7)9)13-16(14)15/h4-5,10,13H,2-3H2,1H3,(H,14,15)/p-1/t10-/m0/s1. The van der Waals surface area contributed by atoms with Crippen LogP contribution in [0.3, 0.4) is 0 Å². The first-order valence-electron chi connectivity index (χ1n) is 5.00. The largest absolute Gasteiger partial charge is 0.760 e. The molecule has 0 saturated carbocycles. The molecule has 16 heavy (non-hydrogen) atoms. The van der Waals surface area contributed by atoms with E-state index in [1.54, 1.807) is 6.07 Å². The van der Waals surface area contributed by atoms with Gasteiger partial charge < -0.3 is 4.55 Å². The number of rotatable bonds is 2. The summed E-state index contributed by atoms with van der Waals surface area (Å²) in [7, 11) is 0. The zero-order valence-electron chi connectivity index (χ0n) is 8.82. The Hall–Kier alpha value is -1.22. The van der Waals surface area contributed by atoms with Crippen LogP contribution in [0.1, 0.15) is 34.7 Å². The molecular weight excluding hydrogens is 224 g/mol. The van der Waals surface area contributed by atoms with Gasteiger partial charge in [-0.3, -0.25) is 4.21 Å². The Bertz CT molecular complexity index is 493. The molecule has 0 aliphatic heterocycles. The average molecular weight is 235 g/mol. The average Bonchev–Trinajstić information content (AvgIpc) is 2.60. The summed E-state index contributed by atoms with van der Waals surface area (Å²) in [4.78, 5) is 0. The van der Waals surface area contributed by atoms with Crippen LogP contribution in [0.4, 0.5) is 0 Å². The Labute approximate surface area is 96.7 Å². The SMILES string of the molecule is Cc1cc(C#N)cc2c1[C@@H](NS(=O)[O-])CC2. The topological polar surface area (TPSA) is 76.0 Å². The second-order valence-electron chi connectivity index (χ2n) is 3.92. The first kappa shape index (κ1) is 11.3. The van der Waals surface area contributed by atoms with Crippen molar-refractivity contribution in [3.05, 3.63) is 34.4 Å². The van der Waals surface area contributed by atoms with Gasteiger partial charge in [0.25, 0.3) is 0 Å².